The molecule has 0 aliphatic carbocycles. The third-order valence-corrected chi connectivity index (χ3v) is 2.21. The normalized spacial score (nSPS) is 10.6. The second kappa shape index (κ2) is 2.85. The standard InChI is InChI=1S/C9H7ClN2O/c1-5-6-2-9(13)7(10)3-8(6)12-4-11-5/h2-4,13H,1H3. The third-order valence-electron chi connectivity index (χ3n) is 1.90. The van der Waals surface area contributed by atoms with Crippen molar-refractivity contribution in [3.05, 3.63) is 29.2 Å². The number of rotatable bonds is 0. The molecule has 0 aliphatic heterocycles. The Morgan fingerprint density at radius 3 is 2.85 bits per heavy atom. The first kappa shape index (κ1) is 8.26. The van der Waals surface area contributed by atoms with Gasteiger partial charge in [0.25, 0.3) is 0 Å². The van der Waals surface area contributed by atoms with E-state index < -0.39 is 0 Å². The van der Waals surface area contributed by atoms with Crippen LogP contribution in [0.3, 0.4) is 0 Å². The number of benzene rings is 1. The van der Waals surface area contributed by atoms with Gasteiger partial charge in [0.15, 0.2) is 0 Å². The highest BCUT2D eigenvalue weighted by molar-refractivity contribution is 6.32. The summed E-state index contributed by atoms with van der Waals surface area (Å²) in [5.41, 5.74) is 1.58. The average molecular weight is 195 g/mol. The summed E-state index contributed by atoms with van der Waals surface area (Å²) >= 11 is 5.73. The number of aromatic hydroxyl groups is 1. The van der Waals surface area contributed by atoms with Gasteiger partial charge in [-0.15, -0.1) is 0 Å². The van der Waals surface area contributed by atoms with Gasteiger partial charge in [0.05, 0.1) is 10.5 Å². The van der Waals surface area contributed by atoms with Gasteiger partial charge in [0, 0.05) is 11.1 Å². The summed E-state index contributed by atoms with van der Waals surface area (Å²) in [7, 11) is 0. The first-order valence-electron chi connectivity index (χ1n) is 3.78. The molecule has 0 amide bonds. The van der Waals surface area contributed by atoms with Crippen LogP contribution in [0.4, 0.5) is 0 Å². The molecule has 1 aromatic heterocycles. The number of phenols is 1. The lowest BCUT2D eigenvalue weighted by Crippen LogP contribution is -1.86. The number of hydrogen-bond acceptors (Lipinski definition) is 3. The van der Waals surface area contributed by atoms with E-state index in [1.807, 2.05) is 6.92 Å². The van der Waals surface area contributed by atoms with Crippen molar-refractivity contribution in [3.8, 4) is 5.75 Å². The maximum absolute atomic E-state index is 9.35. The van der Waals surface area contributed by atoms with Crippen LogP contribution < -0.4 is 0 Å². The van der Waals surface area contributed by atoms with Crippen molar-refractivity contribution in [1.29, 1.82) is 0 Å². The summed E-state index contributed by atoms with van der Waals surface area (Å²) in [6.07, 6.45) is 1.48. The van der Waals surface area contributed by atoms with Crippen LogP contribution in [0.2, 0.25) is 5.02 Å². The lowest BCUT2D eigenvalue weighted by molar-refractivity contribution is 0.476. The van der Waals surface area contributed by atoms with Crippen LogP contribution in [-0.2, 0) is 0 Å². The van der Waals surface area contributed by atoms with E-state index in [9.17, 15) is 5.11 Å². The molecule has 0 aliphatic rings. The molecule has 0 fully saturated rings. The van der Waals surface area contributed by atoms with Gasteiger partial charge in [-0.1, -0.05) is 11.6 Å². The maximum atomic E-state index is 9.35. The minimum absolute atomic E-state index is 0.0621. The quantitative estimate of drug-likeness (QED) is 0.700. The first-order chi connectivity index (χ1) is 6.18. The highest BCUT2D eigenvalue weighted by atomic mass is 35.5. The van der Waals surface area contributed by atoms with Crippen molar-refractivity contribution in [2.24, 2.45) is 0 Å². The number of fused-ring (bicyclic) bond motifs is 1. The lowest BCUT2D eigenvalue weighted by Gasteiger charge is -2.01. The van der Waals surface area contributed by atoms with Crippen molar-refractivity contribution in [1.82, 2.24) is 9.97 Å². The van der Waals surface area contributed by atoms with Gasteiger partial charge in [-0.3, -0.25) is 0 Å². The molecule has 0 saturated heterocycles. The number of aromatic nitrogens is 2. The molecule has 0 saturated carbocycles. The van der Waals surface area contributed by atoms with Crippen LogP contribution in [-0.4, -0.2) is 15.1 Å². The zero-order valence-electron chi connectivity index (χ0n) is 6.95. The van der Waals surface area contributed by atoms with Gasteiger partial charge in [-0.25, -0.2) is 9.97 Å². The topological polar surface area (TPSA) is 46.0 Å². The van der Waals surface area contributed by atoms with Crippen LogP contribution in [0.25, 0.3) is 10.9 Å². The van der Waals surface area contributed by atoms with E-state index in [1.165, 1.54) is 6.33 Å². The van der Waals surface area contributed by atoms with E-state index in [4.69, 9.17) is 11.6 Å². The fourth-order valence-corrected chi connectivity index (χ4v) is 1.35. The van der Waals surface area contributed by atoms with Crippen LogP contribution >= 0.6 is 11.6 Å². The zero-order chi connectivity index (χ0) is 9.42. The van der Waals surface area contributed by atoms with Crippen LogP contribution in [0.15, 0.2) is 18.5 Å². The molecule has 1 heterocycles. The average Bonchev–Trinajstić information content (AvgIpc) is 2.09. The fourth-order valence-electron chi connectivity index (χ4n) is 1.20. The van der Waals surface area contributed by atoms with E-state index in [2.05, 4.69) is 9.97 Å². The van der Waals surface area contributed by atoms with Crippen LogP contribution in [0.1, 0.15) is 5.69 Å². The molecular formula is C9H7ClN2O. The number of halogens is 1. The number of aryl methyl sites for hydroxylation is 1. The van der Waals surface area contributed by atoms with Gasteiger partial charge in [0.2, 0.25) is 0 Å². The summed E-state index contributed by atoms with van der Waals surface area (Å²) in [6.45, 7) is 1.86. The van der Waals surface area contributed by atoms with Crippen molar-refractivity contribution in [2.45, 2.75) is 6.92 Å². The molecule has 0 atom stereocenters. The molecule has 1 aromatic carbocycles. The molecule has 0 unspecified atom stereocenters. The Morgan fingerprint density at radius 2 is 2.08 bits per heavy atom. The smallest absolute Gasteiger partial charge is 0.134 e. The Kier molecular flexibility index (Phi) is 1.81. The van der Waals surface area contributed by atoms with Crippen molar-refractivity contribution < 1.29 is 5.11 Å². The van der Waals surface area contributed by atoms with Gasteiger partial charge in [-0.05, 0) is 19.1 Å². The Bertz CT molecular complexity index is 470. The summed E-state index contributed by atoms with van der Waals surface area (Å²) < 4.78 is 0. The van der Waals surface area contributed by atoms with Gasteiger partial charge < -0.3 is 5.11 Å². The van der Waals surface area contributed by atoms with Crippen molar-refractivity contribution in [2.75, 3.05) is 0 Å². The number of hydrogen-bond donors (Lipinski definition) is 1. The Balaban J connectivity index is 2.89. The van der Waals surface area contributed by atoms with Crippen molar-refractivity contribution >= 4 is 22.5 Å². The minimum Gasteiger partial charge on any atom is -0.506 e. The number of phenolic OH excluding ortho intramolecular Hbond substituents is 1. The molecule has 2 rings (SSSR count). The molecule has 1 N–H and O–H groups in total. The monoisotopic (exact) mass is 194 g/mol. The predicted molar refractivity (Wildman–Crippen MR) is 50.9 cm³/mol. The summed E-state index contributed by atoms with van der Waals surface area (Å²) in [4.78, 5) is 8.05. The van der Waals surface area contributed by atoms with Crippen molar-refractivity contribution in [3.63, 3.8) is 0 Å². The van der Waals surface area contributed by atoms with E-state index in [0.29, 0.717) is 5.02 Å². The summed E-state index contributed by atoms with van der Waals surface area (Å²) in [6, 6.07) is 3.20. The highest BCUT2D eigenvalue weighted by Crippen LogP contribution is 2.28. The summed E-state index contributed by atoms with van der Waals surface area (Å²) in [5.74, 6) is 0.0621. The second-order valence-corrected chi connectivity index (χ2v) is 3.19. The summed E-state index contributed by atoms with van der Waals surface area (Å²) in [5, 5.41) is 10.5. The molecule has 13 heavy (non-hydrogen) atoms. The first-order valence-corrected chi connectivity index (χ1v) is 4.16. The van der Waals surface area contributed by atoms with E-state index in [0.717, 1.165) is 16.6 Å². The Hall–Kier alpha value is -1.35. The van der Waals surface area contributed by atoms with E-state index in [-0.39, 0.29) is 5.75 Å². The third kappa shape index (κ3) is 1.31. The molecule has 0 radical (unpaired) electrons. The largest absolute Gasteiger partial charge is 0.506 e. The Morgan fingerprint density at radius 1 is 1.31 bits per heavy atom. The second-order valence-electron chi connectivity index (χ2n) is 2.78. The van der Waals surface area contributed by atoms with Gasteiger partial charge >= 0.3 is 0 Å². The predicted octanol–water partition coefficient (Wildman–Crippen LogP) is 2.30. The molecule has 0 bridgehead atoms. The van der Waals surface area contributed by atoms with Gasteiger partial charge in [-0.2, -0.15) is 0 Å². The molecule has 66 valence electrons. The molecule has 2 aromatic rings. The molecule has 3 nitrogen and oxygen atoms in total. The van der Waals surface area contributed by atoms with Gasteiger partial charge in [0.1, 0.15) is 12.1 Å². The van der Waals surface area contributed by atoms with E-state index in [1.54, 1.807) is 12.1 Å². The molecule has 4 heteroatoms. The minimum atomic E-state index is 0.0621. The SMILES string of the molecule is Cc1ncnc2cc(Cl)c(O)cc12. The Labute approximate surface area is 80.0 Å². The fraction of sp³-hybridized carbons (Fsp3) is 0.111. The molecule has 0 spiro atoms. The zero-order valence-corrected chi connectivity index (χ0v) is 7.71. The van der Waals surface area contributed by atoms with Crippen LogP contribution in [0.5, 0.6) is 5.75 Å². The maximum Gasteiger partial charge on any atom is 0.134 e. The van der Waals surface area contributed by atoms with Crippen LogP contribution in [0, 0.1) is 6.92 Å². The lowest BCUT2D eigenvalue weighted by atomic mass is 10.2. The highest BCUT2D eigenvalue weighted by Gasteiger charge is 2.04. The molecular weight excluding hydrogens is 188 g/mol. The number of nitrogens with zero attached hydrogens (tertiary/aromatic N) is 2. The van der Waals surface area contributed by atoms with E-state index >= 15 is 0 Å².